The summed E-state index contributed by atoms with van der Waals surface area (Å²) >= 11 is 0. The summed E-state index contributed by atoms with van der Waals surface area (Å²) in [5.74, 6) is -0.340. The Kier molecular flexibility index (Phi) is 7.45. The van der Waals surface area contributed by atoms with E-state index in [1.807, 2.05) is 13.8 Å². The Morgan fingerprint density at radius 3 is 2.48 bits per heavy atom. The quantitative estimate of drug-likeness (QED) is 0.665. The Hall–Kier alpha value is -2.77. The van der Waals surface area contributed by atoms with Gasteiger partial charge in [0.2, 0.25) is 11.8 Å². The first-order valence-electron chi connectivity index (χ1n) is 9.08. The number of hydrogen-bond donors (Lipinski definition) is 2. The summed E-state index contributed by atoms with van der Waals surface area (Å²) in [5.41, 5.74) is 0.855. The maximum atomic E-state index is 12.1. The van der Waals surface area contributed by atoms with Crippen molar-refractivity contribution in [3.8, 4) is 5.75 Å². The van der Waals surface area contributed by atoms with E-state index in [-0.39, 0.29) is 31.0 Å². The number of rotatable bonds is 8. The zero-order valence-electron chi connectivity index (χ0n) is 16.0. The van der Waals surface area contributed by atoms with Gasteiger partial charge in [-0.05, 0) is 44.9 Å². The van der Waals surface area contributed by atoms with E-state index in [0.29, 0.717) is 17.0 Å². The normalized spacial score (nSPS) is 13.4. The number of benzene rings is 1. The van der Waals surface area contributed by atoms with Gasteiger partial charge < -0.3 is 25.0 Å². The molecular weight excluding hydrogens is 350 g/mol. The molecule has 0 radical (unpaired) electrons. The smallest absolute Gasteiger partial charge is 0.337 e. The zero-order valence-corrected chi connectivity index (χ0v) is 16.0. The van der Waals surface area contributed by atoms with Crippen LogP contribution in [0.2, 0.25) is 0 Å². The standard InChI is InChI=1S/C19H27N3O5/c1-13(2)27-16-7-6-14(19(25)26-3)10-15(16)20-11-17(23)21-12-18(24)22-8-4-5-9-22/h6-7,10,13,20H,4-5,8-9,11-12H2,1-3H3,(H,21,23). The number of nitrogens with one attached hydrogen (secondary N) is 2. The van der Waals surface area contributed by atoms with Crippen molar-refractivity contribution in [2.45, 2.75) is 32.8 Å². The molecule has 0 atom stereocenters. The number of ether oxygens (including phenoxy) is 2. The van der Waals surface area contributed by atoms with Crippen molar-refractivity contribution in [2.75, 3.05) is 38.6 Å². The van der Waals surface area contributed by atoms with E-state index in [1.54, 1.807) is 23.1 Å². The number of methoxy groups -OCH3 is 1. The van der Waals surface area contributed by atoms with E-state index in [9.17, 15) is 14.4 Å². The second-order valence-corrected chi connectivity index (χ2v) is 6.59. The molecule has 1 fully saturated rings. The van der Waals surface area contributed by atoms with Crippen molar-refractivity contribution in [3.63, 3.8) is 0 Å². The molecule has 1 aliphatic heterocycles. The highest BCUT2D eigenvalue weighted by Crippen LogP contribution is 2.27. The molecule has 0 saturated carbocycles. The van der Waals surface area contributed by atoms with Crippen LogP contribution < -0.4 is 15.4 Å². The molecule has 0 aliphatic carbocycles. The van der Waals surface area contributed by atoms with Gasteiger partial charge in [-0.2, -0.15) is 0 Å². The Balaban J connectivity index is 1.94. The number of amides is 2. The number of hydrogen-bond acceptors (Lipinski definition) is 6. The fraction of sp³-hybridized carbons (Fsp3) is 0.526. The summed E-state index contributed by atoms with van der Waals surface area (Å²) in [6, 6.07) is 4.83. The fourth-order valence-electron chi connectivity index (χ4n) is 2.76. The van der Waals surface area contributed by atoms with Gasteiger partial charge in [0, 0.05) is 13.1 Å². The molecule has 2 N–H and O–H groups in total. The molecule has 0 bridgehead atoms. The Morgan fingerprint density at radius 2 is 1.85 bits per heavy atom. The lowest BCUT2D eigenvalue weighted by Crippen LogP contribution is -2.40. The lowest BCUT2D eigenvalue weighted by molar-refractivity contribution is -0.131. The van der Waals surface area contributed by atoms with Gasteiger partial charge in [-0.25, -0.2) is 4.79 Å². The van der Waals surface area contributed by atoms with Crippen molar-refractivity contribution in [3.05, 3.63) is 23.8 Å². The minimum absolute atomic E-state index is 0.0158. The lowest BCUT2D eigenvalue weighted by atomic mass is 10.2. The molecule has 0 unspecified atom stereocenters. The average molecular weight is 377 g/mol. The van der Waals surface area contributed by atoms with Gasteiger partial charge in [0.25, 0.3) is 0 Å². The van der Waals surface area contributed by atoms with Gasteiger partial charge in [0.05, 0.1) is 37.6 Å². The van der Waals surface area contributed by atoms with Crippen LogP contribution in [0.4, 0.5) is 5.69 Å². The van der Waals surface area contributed by atoms with Crippen LogP contribution in [-0.4, -0.2) is 62.1 Å². The Morgan fingerprint density at radius 1 is 1.15 bits per heavy atom. The molecule has 2 rings (SSSR count). The highest BCUT2D eigenvalue weighted by Gasteiger charge is 2.18. The van der Waals surface area contributed by atoms with E-state index in [1.165, 1.54) is 7.11 Å². The summed E-state index contributed by atoms with van der Waals surface area (Å²) in [6.07, 6.45) is 1.95. The molecule has 1 saturated heterocycles. The van der Waals surface area contributed by atoms with Gasteiger partial charge in [-0.15, -0.1) is 0 Å². The predicted molar refractivity (Wildman–Crippen MR) is 101 cm³/mol. The zero-order chi connectivity index (χ0) is 19.8. The van der Waals surface area contributed by atoms with Crippen LogP contribution in [0.1, 0.15) is 37.0 Å². The molecule has 2 amide bonds. The van der Waals surface area contributed by atoms with E-state index in [2.05, 4.69) is 10.6 Å². The van der Waals surface area contributed by atoms with Crippen LogP contribution in [-0.2, 0) is 14.3 Å². The lowest BCUT2D eigenvalue weighted by Gasteiger charge is -2.17. The summed E-state index contributed by atoms with van der Waals surface area (Å²) in [7, 11) is 1.30. The van der Waals surface area contributed by atoms with Crippen molar-refractivity contribution >= 4 is 23.5 Å². The van der Waals surface area contributed by atoms with Crippen LogP contribution in [0.25, 0.3) is 0 Å². The topological polar surface area (TPSA) is 97.0 Å². The molecule has 8 nitrogen and oxygen atoms in total. The van der Waals surface area contributed by atoms with E-state index in [4.69, 9.17) is 9.47 Å². The van der Waals surface area contributed by atoms with E-state index < -0.39 is 5.97 Å². The molecule has 27 heavy (non-hydrogen) atoms. The van der Waals surface area contributed by atoms with E-state index >= 15 is 0 Å². The van der Waals surface area contributed by atoms with Crippen molar-refractivity contribution in [1.82, 2.24) is 10.2 Å². The van der Waals surface area contributed by atoms with Crippen LogP contribution in [0, 0.1) is 0 Å². The Bertz CT molecular complexity index is 684. The van der Waals surface area contributed by atoms with Gasteiger partial charge in [0.15, 0.2) is 0 Å². The maximum Gasteiger partial charge on any atom is 0.337 e. The largest absolute Gasteiger partial charge is 0.489 e. The van der Waals surface area contributed by atoms with Crippen LogP contribution >= 0.6 is 0 Å². The molecule has 148 valence electrons. The first-order chi connectivity index (χ1) is 12.9. The third-order valence-electron chi connectivity index (χ3n) is 4.10. The second kappa shape index (κ2) is 9.80. The Labute approximate surface area is 159 Å². The highest BCUT2D eigenvalue weighted by atomic mass is 16.5. The highest BCUT2D eigenvalue weighted by molar-refractivity contribution is 5.92. The first kappa shape index (κ1) is 20.5. The maximum absolute atomic E-state index is 12.1. The van der Waals surface area contributed by atoms with Crippen LogP contribution in [0.3, 0.4) is 0 Å². The molecule has 0 spiro atoms. The fourth-order valence-corrected chi connectivity index (χ4v) is 2.76. The summed E-state index contributed by atoms with van der Waals surface area (Å²) in [4.78, 5) is 37.5. The van der Waals surface area contributed by atoms with E-state index in [0.717, 1.165) is 25.9 Å². The second-order valence-electron chi connectivity index (χ2n) is 6.59. The van der Waals surface area contributed by atoms with Crippen LogP contribution in [0.5, 0.6) is 5.75 Å². The number of carbonyl (C=O) groups is 3. The molecule has 1 aliphatic rings. The van der Waals surface area contributed by atoms with Gasteiger partial charge >= 0.3 is 5.97 Å². The van der Waals surface area contributed by atoms with Crippen molar-refractivity contribution in [1.29, 1.82) is 0 Å². The first-order valence-corrected chi connectivity index (χ1v) is 9.08. The third kappa shape index (κ3) is 6.16. The number of carbonyl (C=O) groups excluding carboxylic acids is 3. The van der Waals surface area contributed by atoms with Crippen molar-refractivity contribution < 1.29 is 23.9 Å². The molecule has 1 aromatic carbocycles. The summed E-state index contributed by atoms with van der Waals surface area (Å²) in [5, 5.41) is 5.57. The summed E-state index contributed by atoms with van der Waals surface area (Å²) in [6.45, 7) is 5.21. The van der Waals surface area contributed by atoms with Gasteiger partial charge in [0.1, 0.15) is 5.75 Å². The monoisotopic (exact) mass is 377 g/mol. The minimum Gasteiger partial charge on any atom is -0.489 e. The molecule has 1 heterocycles. The van der Waals surface area contributed by atoms with Crippen molar-refractivity contribution in [2.24, 2.45) is 0 Å². The third-order valence-corrected chi connectivity index (χ3v) is 4.10. The molecule has 1 aromatic rings. The predicted octanol–water partition coefficient (Wildman–Crippen LogP) is 1.41. The average Bonchev–Trinajstić information content (AvgIpc) is 3.19. The molecular formula is C19H27N3O5. The molecule has 8 heteroatoms. The molecule has 0 aromatic heterocycles. The summed E-state index contributed by atoms with van der Waals surface area (Å²) < 4.78 is 10.4. The number of esters is 1. The SMILES string of the molecule is COC(=O)c1ccc(OC(C)C)c(NCC(=O)NCC(=O)N2CCCC2)c1. The number of likely N-dealkylation sites (tertiary alicyclic amines) is 1. The van der Waals surface area contributed by atoms with Crippen LogP contribution in [0.15, 0.2) is 18.2 Å². The van der Waals surface area contributed by atoms with Gasteiger partial charge in [-0.3, -0.25) is 9.59 Å². The minimum atomic E-state index is -0.477. The number of anilines is 1. The van der Waals surface area contributed by atoms with Gasteiger partial charge in [-0.1, -0.05) is 0 Å². The number of nitrogens with zero attached hydrogens (tertiary/aromatic N) is 1.